The lowest BCUT2D eigenvalue weighted by Gasteiger charge is -2.12. The zero-order chi connectivity index (χ0) is 10.6. The molecule has 74 valence electrons. The molecule has 0 atom stereocenters. The van der Waals surface area contributed by atoms with Gasteiger partial charge in [0, 0.05) is 13.1 Å². The second-order valence-corrected chi connectivity index (χ2v) is 3.60. The maximum atomic E-state index is 5.56. The molecule has 3 nitrogen and oxygen atoms in total. The van der Waals surface area contributed by atoms with E-state index in [1.165, 1.54) is 0 Å². The third-order valence-corrected chi connectivity index (χ3v) is 1.98. The van der Waals surface area contributed by atoms with Gasteiger partial charge in [-0.25, -0.2) is 0 Å². The molecule has 1 aromatic rings. The second-order valence-electron chi connectivity index (χ2n) is 3.60. The molecule has 0 spiro atoms. The molecule has 0 fully saturated rings. The maximum absolute atomic E-state index is 5.56. The van der Waals surface area contributed by atoms with E-state index in [9.17, 15) is 0 Å². The van der Waals surface area contributed by atoms with E-state index >= 15 is 0 Å². The number of hydrogen-bond acceptors (Lipinski definition) is 3. The highest BCUT2D eigenvalue weighted by Crippen LogP contribution is 2.08. The molecule has 1 N–H and O–H groups in total. The zero-order valence-corrected chi connectivity index (χ0v) is 9.04. The van der Waals surface area contributed by atoms with Gasteiger partial charge in [-0.2, -0.15) is 0 Å². The number of rotatable bonds is 4. The number of likely N-dealkylation sites (N-methyl/N-ethyl adjacent to an activating group) is 1. The van der Waals surface area contributed by atoms with Crippen molar-refractivity contribution in [1.82, 2.24) is 9.88 Å². The Morgan fingerprint density at radius 1 is 1.43 bits per heavy atom. The fourth-order valence-corrected chi connectivity index (χ4v) is 1.18. The van der Waals surface area contributed by atoms with Crippen LogP contribution in [0.4, 0.5) is 5.69 Å². The van der Waals surface area contributed by atoms with Crippen LogP contribution in [-0.4, -0.2) is 44.9 Å². The minimum atomic E-state index is 0.570. The monoisotopic (exact) mass is 189 g/mol. The molecule has 2 radical (unpaired) electrons. The predicted molar refractivity (Wildman–Crippen MR) is 61.4 cm³/mol. The van der Waals surface area contributed by atoms with E-state index in [1.807, 2.05) is 19.1 Å². The van der Waals surface area contributed by atoms with E-state index in [4.69, 9.17) is 7.85 Å². The summed E-state index contributed by atoms with van der Waals surface area (Å²) in [5.74, 6) is 0. The summed E-state index contributed by atoms with van der Waals surface area (Å²) in [5.41, 5.74) is 2.57. The molecule has 14 heavy (non-hydrogen) atoms. The number of aryl methyl sites for hydroxylation is 1. The molecule has 1 heterocycles. The highest BCUT2D eigenvalue weighted by molar-refractivity contribution is 6.30. The molecular formula is C10H16BN3. The van der Waals surface area contributed by atoms with Gasteiger partial charge in [0.05, 0.1) is 11.4 Å². The van der Waals surface area contributed by atoms with Gasteiger partial charge < -0.3 is 10.2 Å². The van der Waals surface area contributed by atoms with Gasteiger partial charge in [-0.15, -0.1) is 0 Å². The number of nitrogens with one attached hydrogen (secondary N) is 1. The van der Waals surface area contributed by atoms with Crippen molar-refractivity contribution >= 4 is 19.1 Å². The average molecular weight is 189 g/mol. The summed E-state index contributed by atoms with van der Waals surface area (Å²) < 4.78 is 0. The van der Waals surface area contributed by atoms with Crippen molar-refractivity contribution in [1.29, 1.82) is 0 Å². The van der Waals surface area contributed by atoms with Crippen molar-refractivity contribution in [3.63, 3.8) is 0 Å². The van der Waals surface area contributed by atoms with Crippen LogP contribution < -0.4 is 10.9 Å². The Kier molecular flexibility index (Phi) is 3.95. The molecular weight excluding hydrogens is 173 g/mol. The minimum absolute atomic E-state index is 0.570. The van der Waals surface area contributed by atoms with Crippen molar-refractivity contribution in [2.75, 3.05) is 32.5 Å². The van der Waals surface area contributed by atoms with E-state index in [2.05, 4.69) is 29.3 Å². The van der Waals surface area contributed by atoms with Gasteiger partial charge in [0.25, 0.3) is 0 Å². The first-order chi connectivity index (χ1) is 6.59. The van der Waals surface area contributed by atoms with Gasteiger partial charge in [0.1, 0.15) is 7.85 Å². The SMILES string of the molecule is [B]c1ccc(NCCN(C)C)c(C)n1. The Hall–Kier alpha value is -1.03. The van der Waals surface area contributed by atoms with Crippen LogP contribution in [0.25, 0.3) is 0 Å². The number of aromatic nitrogens is 1. The topological polar surface area (TPSA) is 28.2 Å². The van der Waals surface area contributed by atoms with Gasteiger partial charge in [0.15, 0.2) is 0 Å². The molecule has 1 rings (SSSR count). The molecule has 0 saturated heterocycles. The third-order valence-electron chi connectivity index (χ3n) is 1.98. The number of nitrogens with zero attached hydrogens (tertiary/aromatic N) is 2. The van der Waals surface area contributed by atoms with Crippen LogP contribution in [0.5, 0.6) is 0 Å². The summed E-state index contributed by atoms with van der Waals surface area (Å²) in [7, 11) is 9.66. The van der Waals surface area contributed by atoms with E-state index in [-0.39, 0.29) is 0 Å². The number of anilines is 1. The van der Waals surface area contributed by atoms with Crippen LogP contribution in [0.3, 0.4) is 0 Å². The first-order valence-corrected chi connectivity index (χ1v) is 4.71. The molecule has 0 aliphatic carbocycles. The van der Waals surface area contributed by atoms with Crippen LogP contribution in [0.1, 0.15) is 5.69 Å². The van der Waals surface area contributed by atoms with Crippen molar-refractivity contribution in [2.24, 2.45) is 0 Å². The lowest BCUT2D eigenvalue weighted by molar-refractivity contribution is 0.425. The Bertz CT molecular complexity index is 299. The van der Waals surface area contributed by atoms with Crippen LogP contribution in [0.2, 0.25) is 0 Å². The zero-order valence-electron chi connectivity index (χ0n) is 9.04. The molecule has 0 amide bonds. The van der Waals surface area contributed by atoms with E-state index < -0.39 is 0 Å². The minimum Gasteiger partial charge on any atom is -0.382 e. The Balaban J connectivity index is 2.51. The Morgan fingerprint density at radius 2 is 2.14 bits per heavy atom. The molecule has 0 saturated carbocycles. The fourth-order valence-electron chi connectivity index (χ4n) is 1.18. The lowest BCUT2D eigenvalue weighted by atomic mass is 10.0. The molecule has 0 unspecified atom stereocenters. The van der Waals surface area contributed by atoms with Crippen molar-refractivity contribution < 1.29 is 0 Å². The van der Waals surface area contributed by atoms with Gasteiger partial charge in [0.2, 0.25) is 0 Å². The Labute approximate surface area is 86.9 Å². The molecule has 0 aliphatic rings. The molecule has 0 bridgehead atoms. The van der Waals surface area contributed by atoms with Crippen molar-refractivity contribution in [2.45, 2.75) is 6.92 Å². The fraction of sp³-hybridized carbons (Fsp3) is 0.500. The molecule has 0 aliphatic heterocycles. The van der Waals surface area contributed by atoms with E-state index in [1.54, 1.807) is 0 Å². The smallest absolute Gasteiger partial charge is 0.141 e. The normalized spacial score (nSPS) is 10.6. The number of hydrogen-bond donors (Lipinski definition) is 1. The highest BCUT2D eigenvalue weighted by atomic mass is 15.1. The molecule has 4 heteroatoms. The third kappa shape index (κ3) is 3.38. The van der Waals surface area contributed by atoms with Gasteiger partial charge >= 0.3 is 0 Å². The quantitative estimate of drug-likeness (QED) is 0.683. The summed E-state index contributed by atoms with van der Waals surface area (Å²) in [6.07, 6.45) is 0. The van der Waals surface area contributed by atoms with E-state index in [0.29, 0.717) is 5.59 Å². The number of pyridine rings is 1. The standard InChI is InChI=1S/C10H16BN3/c1-8-9(4-5-10(11)13-8)12-6-7-14(2)3/h4-5,12H,6-7H2,1-3H3. The first kappa shape index (κ1) is 11.1. The summed E-state index contributed by atoms with van der Waals surface area (Å²) in [6.45, 7) is 3.87. The van der Waals surface area contributed by atoms with Gasteiger partial charge in [-0.1, -0.05) is 0 Å². The van der Waals surface area contributed by atoms with Crippen LogP contribution in [0.15, 0.2) is 12.1 Å². The van der Waals surface area contributed by atoms with Gasteiger partial charge in [-0.05, 0) is 38.7 Å². The average Bonchev–Trinajstić information content (AvgIpc) is 2.08. The van der Waals surface area contributed by atoms with Crippen LogP contribution in [0, 0.1) is 6.92 Å². The highest BCUT2D eigenvalue weighted by Gasteiger charge is 1.98. The molecule has 1 aromatic heterocycles. The van der Waals surface area contributed by atoms with Crippen LogP contribution >= 0.6 is 0 Å². The summed E-state index contributed by atoms with van der Waals surface area (Å²) >= 11 is 0. The first-order valence-electron chi connectivity index (χ1n) is 4.71. The van der Waals surface area contributed by atoms with Crippen LogP contribution in [-0.2, 0) is 0 Å². The second kappa shape index (κ2) is 5.01. The lowest BCUT2D eigenvalue weighted by Crippen LogP contribution is -2.21. The Morgan fingerprint density at radius 3 is 2.71 bits per heavy atom. The van der Waals surface area contributed by atoms with Crippen molar-refractivity contribution in [3.8, 4) is 0 Å². The van der Waals surface area contributed by atoms with Gasteiger partial charge in [-0.3, -0.25) is 4.98 Å². The summed E-state index contributed by atoms with van der Waals surface area (Å²) in [4.78, 5) is 6.31. The predicted octanol–water partition coefficient (Wildman–Crippen LogP) is 0.157. The summed E-state index contributed by atoms with van der Waals surface area (Å²) in [6, 6.07) is 3.78. The largest absolute Gasteiger partial charge is 0.382 e. The summed E-state index contributed by atoms with van der Waals surface area (Å²) in [5, 5.41) is 3.31. The molecule has 0 aromatic carbocycles. The van der Waals surface area contributed by atoms with Crippen molar-refractivity contribution in [3.05, 3.63) is 17.8 Å². The van der Waals surface area contributed by atoms with E-state index in [0.717, 1.165) is 24.5 Å². The maximum Gasteiger partial charge on any atom is 0.141 e.